The van der Waals surface area contributed by atoms with E-state index in [1.165, 1.54) is 58.4 Å². The first-order chi connectivity index (χ1) is 9.09. The van der Waals surface area contributed by atoms with Gasteiger partial charge in [0.05, 0.1) is 0 Å². The van der Waals surface area contributed by atoms with Gasteiger partial charge in [-0.2, -0.15) is 0 Å². The molecule has 1 saturated heterocycles. The van der Waals surface area contributed by atoms with Crippen LogP contribution >= 0.6 is 0 Å². The third kappa shape index (κ3) is 7.91. The van der Waals surface area contributed by atoms with Crippen molar-refractivity contribution in [2.24, 2.45) is 5.92 Å². The summed E-state index contributed by atoms with van der Waals surface area (Å²) >= 11 is 0. The topological polar surface area (TPSA) is 18.5 Å². The SMILES string of the molecule is CC(C)CNCCCCCN1CCCN(C)CC1C. The lowest BCUT2D eigenvalue weighted by molar-refractivity contribution is 0.198. The molecule has 0 radical (unpaired) electrons. The summed E-state index contributed by atoms with van der Waals surface area (Å²) in [6.45, 7) is 14.3. The largest absolute Gasteiger partial charge is 0.316 e. The minimum atomic E-state index is 0.728. The molecule has 1 unspecified atom stereocenters. The highest BCUT2D eigenvalue weighted by atomic mass is 15.2. The Bertz CT molecular complexity index is 218. The van der Waals surface area contributed by atoms with Gasteiger partial charge in [-0.15, -0.1) is 0 Å². The molecule has 0 aromatic rings. The zero-order valence-corrected chi connectivity index (χ0v) is 13.6. The van der Waals surface area contributed by atoms with Crippen molar-refractivity contribution in [3.63, 3.8) is 0 Å². The first kappa shape index (κ1) is 16.9. The van der Waals surface area contributed by atoms with E-state index in [0.29, 0.717) is 0 Å². The minimum Gasteiger partial charge on any atom is -0.316 e. The zero-order valence-electron chi connectivity index (χ0n) is 13.6. The second-order valence-corrected chi connectivity index (χ2v) is 6.66. The van der Waals surface area contributed by atoms with Crippen molar-refractivity contribution in [2.75, 3.05) is 46.3 Å². The Kier molecular flexibility index (Phi) is 8.67. The van der Waals surface area contributed by atoms with Crippen LogP contribution in [-0.4, -0.2) is 62.2 Å². The van der Waals surface area contributed by atoms with Gasteiger partial charge in [0.25, 0.3) is 0 Å². The van der Waals surface area contributed by atoms with Crippen molar-refractivity contribution in [3.05, 3.63) is 0 Å². The summed E-state index contributed by atoms with van der Waals surface area (Å²) in [7, 11) is 2.25. The molecule has 0 aromatic heterocycles. The van der Waals surface area contributed by atoms with Crippen molar-refractivity contribution in [2.45, 2.75) is 52.5 Å². The molecule has 0 saturated carbocycles. The van der Waals surface area contributed by atoms with E-state index in [9.17, 15) is 0 Å². The maximum absolute atomic E-state index is 3.53. The number of rotatable bonds is 8. The molecule has 3 heteroatoms. The Balaban J connectivity index is 2.02. The van der Waals surface area contributed by atoms with Gasteiger partial charge in [-0.05, 0) is 71.9 Å². The van der Waals surface area contributed by atoms with Crippen molar-refractivity contribution in [1.82, 2.24) is 15.1 Å². The summed E-state index contributed by atoms with van der Waals surface area (Å²) in [5, 5.41) is 3.53. The number of unbranched alkanes of at least 4 members (excludes halogenated alkanes) is 2. The van der Waals surface area contributed by atoms with Crippen molar-refractivity contribution in [1.29, 1.82) is 0 Å². The molecule has 1 fully saturated rings. The van der Waals surface area contributed by atoms with Crippen molar-refractivity contribution in [3.8, 4) is 0 Å². The predicted octanol–water partition coefficient (Wildman–Crippen LogP) is 2.43. The molecule has 0 aromatic carbocycles. The Morgan fingerprint density at radius 1 is 1.16 bits per heavy atom. The first-order valence-corrected chi connectivity index (χ1v) is 8.23. The fraction of sp³-hybridized carbons (Fsp3) is 1.00. The number of nitrogens with one attached hydrogen (secondary N) is 1. The molecule has 1 atom stereocenters. The van der Waals surface area contributed by atoms with Crippen LogP contribution in [0, 0.1) is 5.92 Å². The zero-order chi connectivity index (χ0) is 14.1. The highest BCUT2D eigenvalue weighted by Crippen LogP contribution is 2.10. The molecule has 0 aliphatic carbocycles. The van der Waals surface area contributed by atoms with Gasteiger partial charge in [0.1, 0.15) is 0 Å². The molecule has 1 aliphatic heterocycles. The average Bonchev–Trinajstić information content (AvgIpc) is 2.49. The van der Waals surface area contributed by atoms with E-state index in [1.807, 2.05) is 0 Å². The van der Waals surface area contributed by atoms with E-state index in [2.05, 4.69) is 42.9 Å². The lowest BCUT2D eigenvalue weighted by Crippen LogP contribution is -2.38. The van der Waals surface area contributed by atoms with Crippen molar-refractivity contribution >= 4 is 0 Å². The van der Waals surface area contributed by atoms with Crippen LogP contribution in [-0.2, 0) is 0 Å². The van der Waals surface area contributed by atoms with Crippen LogP contribution in [0.15, 0.2) is 0 Å². The molecule has 0 amide bonds. The molecule has 3 nitrogen and oxygen atoms in total. The maximum atomic E-state index is 3.53. The second-order valence-electron chi connectivity index (χ2n) is 6.66. The minimum absolute atomic E-state index is 0.728. The van der Waals surface area contributed by atoms with Crippen LogP contribution in [0.3, 0.4) is 0 Å². The normalized spacial score (nSPS) is 22.9. The van der Waals surface area contributed by atoms with E-state index in [1.54, 1.807) is 0 Å². The standard InChI is InChI=1S/C16H35N3/c1-15(2)13-17-9-6-5-7-11-19-12-8-10-18(4)14-16(19)3/h15-17H,5-14H2,1-4H3. The first-order valence-electron chi connectivity index (χ1n) is 8.23. The molecule has 0 spiro atoms. The van der Waals surface area contributed by atoms with Gasteiger partial charge < -0.3 is 10.2 Å². The van der Waals surface area contributed by atoms with Crippen LogP contribution in [0.5, 0.6) is 0 Å². The van der Waals surface area contributed by atoms with Gasteiger partial charge >= 0.3 is 0 Å². The molecule has 114 valence electrons. The van der Waals surface area contributed by atoms with E-state index in [-0.39, 0.29) is 0 Å². The third-order valence-corrected chi connectivity index (χ3v) is 4.04. The number of hydrogen-bond acceptors (Lipinski definition) is 3. The Morgan fingerprint density at radius 3 is 2.68 bits per heavy atom. The highest BCUT2D eigenvalue weighted by molar-refractivity contribution is 4.75. The van der Waals surface area contributed by atoms with Gasteiger partial charge in [-0.3, -0.25) is 4.90 Å². The van der Waals surface area contributed by atoms with Crippen LogP contribution in [0.4, 0.5) is 0 Å². The Morgan fingerprint density at radius 2 is 1.95 bits per heavy atom. The summed E-state index contributed by atoms with van der Waals surface area (Å²) in [6.07, 6.45) is 5.38. The molecular formula is C16H35N3. The molecule has 1 rings (SSSR count). The Hall–Kier alpha value is -0.120. The van der Waals surface area contributed by atoms with Gasteiger partial charge in [-0.1, -0.05) is 20.3 Å². The fourth-order valence-corrected chi connectivity index (χ4v) is 2.89. The molecule has 0 bridgehead atoms. The number of nitrogens with zero attached hydrogens (tertiary/aromatic N) is 2. The van der Waals surface area contributed by atoms with E-state index in [4.69, 9.17) is 0 Å². The van der Waals surface area contributed by atoms with Gasteiger partial charge in [0.2, 0.25) is 0 Å². The molecule has 1 aliphatic rings. The maximum Gasteiger partial charge on any atom is 0.0194 e. The summed E-state index contributed by atoms with van der Waals surface area (Å²) in [5.41, 5.74) is 0. The van der Waals surface area contributed by atoms with Crippen LogP contribution in [0.25, 0.3) is 0 Å². The Labute approximate surface area is 120 Å². The van der Waals surface area contributed by atoms with Crippen molar-refractivity contribution < 1.29 is 0 Å². The summed E-state index contributed by atoms with van der Waals surface area (Å²) in [6, 6.07) is 0.728. The van der Waals surface area contributed by atoms with Crippen LogP contribution in [0.1, 0.15) is 46.5 Å². The monoisotopic (exact) mass is 269 g/mol. The molecule has 1 heterocycles. The van der Waals surface area contributed by atoms with Crippen LogP contribution in [0.2, 0.25) is 0 Å². The average molecular weight is 269 g/mol. The lowest BCUT2D eigenvalue weighted by atomic mass is 10.2. The van der Waals surface area contributed by atoms with Crippen LogP contribution < -0.4 is 5.32 Å². The van der Waals surface area contributed by atoms with Gasteiger partial charge in [0, 0.05) is 12.6 Å². The highest BCUT2D eigenvalue weighted by Gasteiger charge is 2.18. The quantitative estimate of drug-likeness (QED) is 0.683. The van der Waals surface area contributed by atoms with Gasteiger partial charge in [-0.25, -0.2) is 0 Å². The predicted molar refractivity (Wildman–Crippen MR) is 84.7 cm³/mol. The summed E-state index contributed by atoms with van der Waals surface area (Å²) in [5.74, 6) is 0.773. The van der Waals surface area contributed by atoms with Gasteiger partial charge in [0.15, 0.2) is 0 Å². The van der Waals surface area contributed by atoms with E-state index < -0.39 is 0 Å². The number of hydrogen-bond donors (Lipinski definition) is 1. The van der Waals surface area contributed by atoms with E-state index >= 15 is 0 Å². The lowest BCUT2D eigenvalue weighted by Gasteiger charge is -2.27. The smallest absolute Gasteiger partial charge is 0.0194 e. The molecule has 1 N–H and O–H groups in total. The summed E-state index contributed by atoms with van der Waals surface area (Å²) in [4.78, 5) is 5.16. The molecular weight excluding hydrogens is 234 g/mol. The number of likely N-dealkylation sites (N-methyl/N-ethyl adjacent to an activating group) is 1. The van der Waals surface area contributed by atoms with E-state index in [0.717, 1.165) is 18.5 Å². The second kappa shape index (κ2) is 9.73. The summed E-state index contributed by atoms with van der Waals surface area (Å²) < 4.78 is 0. The fourth-order valence-electron chi connectivity index (χ4n) is 2.89. The molecule has 19 heavy (non-hydrogen) atoms. The third-order valence-electron chi connectivity index (χ3n) is 4.04.